The van der Waals surface area contributed by atoms with E-state index in [0.717, 1.165) is 11.1 Å². The van der Waals surface area contributed by atoms with Gasteiger partial charge in [-0.2, -0.15) is 0 Å². The summed E-state index contributed by atoms with van der Waals surface area (Å²) < 4.78 is 12.7. The van der Waals surface area contributed by atoms with Gasteiger partial charge >= 0.3 is 6.09 Å². The molecular formula is C24H30ClN3O4. The third-order valence-electron chi connectivity index (χ3n) is 6.13. The van der Waals surface area contributed by atoms with Gasteiger partial charge in [0.2, 0.25) is 5.88 Å². The largest absolute Gasteiger partial charge is 0.473 e. The van der Waals surface area contributed by atoms with E-state index in [-0.39, 0.29) is 23.7 Å². The first-order chi connectivity index (χ1) is 15.2. The molecule has 2 saturated heterocycles. The first kappa shape index (κ1) is 22.8. The molecule has 172 valence electrons. The number of morpholine rings is 1. The highest BCUT2D eigenvalue weighted by Crippen LogP contribution is 2.41. The van der Waals surface area contributed by atoms with Crippen molar-refractivity contribution in [1.82, 2.24) is 14.8 Å². The number of carboxylic acid groups (broad SMARTS) is 1. The number of rotatable bonds is 4. The zero-order valence-electron chi connectivity index (χ0n) is 18.7. The molecule has 1 N–H and O–H groups in total. The lowest BCUT2D eigenvalue weighted by atomic mass is 9.81. The molecule has 0 saturated carbocycles. The number of carbonyl (C=O) groups is 1. The van der Waals surface area contributed by atoms with Crippen molar-refractivity contribution in [3.05, 3.63) is 58.7 Å². The quantitative estimate of drug-likeness (QED) is 0.727. The average molecular weight is 460 g/mol. The van der Waals surface area contributed by atoms with E-state index >= 15 is 0 Å². The van der Waals surface area contributed by atoms with Gasteiger partial charge in [0.1, 0.15) is 12.7 Å². The van der Waals surface area contributed by atoms with E-state index in [9.17, 15) is 9.90 Å². The molecule has 2 aromatic rings. The highest BCUT2D eigenvalue weighted by atomic mass is 35.5. The first-order valence-corrected chi connectivity index (χ1v) is 11.3. The van der Waals surface area contributed by atoms with Gasteiger partial charge in [0.15, 0.2) is 0 Å². The number of fused-ring (bicyclic) bond motifs is 1. The van der Waals surface area contributed by atoms with Crippen molar-refractivity contribution >= 4 is 17.7 Å². The number of aromatic nitrogens is 1. The van der Waals surface area contributed by atoms with E-state index < -0.39 is 6.09 Å². The molecule has 0 aliphatic carbocycles. The van der Waals surface area contributed by atoms with Crippen LogP contribution in [0.2, 0.25) is 5.02 Å². The number of halogens is 1. The van der Waals surface area contributed by atoms with Gasteiger partial charge in [-0.1, -0.05) is 62.7 Å². The number of pyridine rings is 1. The molecule has 1 aromatic carbocycles. The Kier molecular flexibility index (Phi) is 6.60. The Morgan fingerprint density at radius 3 is 2.69 bits per heavy atom. The summed E-state index contributed by atoms with van der Waals surface area (Å²) in [6.45, 7) is 9.00. The van der Waals surface area contributed by atoms with Gasteiger partial charge in [-0.25, -0.2) is 9.78 Å². The molecule has 3 atom stereocenters. The number of amides is 1. The fourth-order valence-electron chi connectivity index (χ4n) is 4.53. The molecule has 4 rings (SSSR count). The topological polar surface area (TPSA) is 75.1 Å². The summed E-state index contributed by atoms with van der Waals surface area (Å²) in [5.41, 5.74) is 1.69. The van der Waals surface area contributed by atoms with Crippen LogP contribution in [0.4, 0.5) is 4.79 Å². The molecule has 2 fully saturated rings. The predicted octanol–water partition coefficient (Wildman–Crippen LogP) is 4.46. The Labute approximate surface area is 193 Å². The van der Waals surface area contributed by atoms with Crippen LogP contribution in [0.3, 0.4) is 0 Å². The Morgan fingerprint density at radius 1 is 1.25 bits per heavy atom. The molecule has 32 heavy (non-hydrogen) atoms. The van der Waals surface area contributed by atoms with Crippen LogP contribution >= 0.6 is 11.6 Å². The van der Waals surface area contributed by atoms with Crippen molar-refractivity contribution in [3.63, 3.8) is 0 Å². The normalized spacial score (nSPS) is 24.1. The number of ether oxygens (including phenoxy) is 2. The minimum absolute atomic E-state index is 0.00284. The van der Waals surface area contributed by atoms with Gasteiger partial charge < -0.3 is 19.5 Å². The van der Waals surface area contributed by atoms with Gasteiger partial charge in [0.25, 0.3) is 0 Å². The highest BCUT2D eigenvalue weighted by Gasteiger charge is 2.46. The molecule has 2 aliphatic heterocycles. The lowest BCUT2D eigenvalue weighted by Crippen LogP contribution is -2.65. The van der Waals surface area contributed by atoms with Crippen LogP contribution in [0, 0.1) is 5.41 Å². The maximum absolute atomic E-state index is 11.6. The van der Waals surface area contributed by atoms with Crippen molar-refractivity contribution in [3.8, 4) is 5.88 Å². The molecule has 0 spiro atoms. The second-order valence-electron chi connectivity index (χ2n) is 9.52. The van der Waals surface area contributed by atoms with Gasteiger partial charge in [0, 0.05) is 37.9 Å². The van der Waals surface area contributed by atoms with Gasteiger partial charge in [0.05, 0.1) is 17.2 Å². The fraction of sp³-hybridized carbons (Fsp3) is 0.500. The standard InChI is InChI=1S/C24H30ClN3O4/c1-24(2,3)21-19-13-28(23(29)30)10-9-27(19)14-20(32-21)18-11-17(25)12-26-22(18)31-15-16-7-5-4-6-8-16/h4-8,11-12,19-21H,9-10,13-15H2,1-3H3,(H,29,30)/t19-,20-,21?/m0/s1. The summed E-state index contributed by atoms with van der Waals surface area (Å²) in [4.78, 5) is 19.8. The zero-order chi connectivity index (χ0) is 22.9. The number of piperazine rings is 1. The van der Waals surface area contributed by atoms with Gasteiger partial charge in [-0.05, 0) is 17.0 Å². The molecule has 3 heterocycles. The van der Waals surface area contributed by atoms with E-state index in [1.54, 1.807) is 6.20 Å². The second kappa shape index (κ2) is 9.25. The van der Waals surface area contributed by atoms with Crippen LogP contribution in [0.5, 0.6) is 5.88 Å². The van der Waals surface area contributed by atoms with Crippen molar-refractivity contribution in [1.29, 1.82) is 0 Å². The van der Waals surface area contributed by atoms with Gasteiger partial charge in [-0.15, -0.1) is 0 Å². The molecule has 7 nitrogen and oxygen atoms in total. The molecule has 2 aliphatic rings. The van der Waals surface area contributed by atoms with Crippen LogP contribution in [0.25, 0.3) is 0 Å². The average Bonchev–Trinajstić information content (AvgIpc) is 2.77. The Morgan fingerprint density at radius 2 is 2.00 bits per heavy atom. The number of benzene rings is 1. The summed E-state index contributed by atoms with van der Waals surface area (Å²) in [7, 11) is 0. The predicted molar refractivity (Wildman–Crippen MR) is 122 cm³/mol. The van der Waals surface area contributed by atoms with E-state index in [1.807, 2.05) is 36.4 Å². The minimum Gasteiger partial charge on any atom is -0.473 e. The smallest absolute Gasteiger partial charge is 0.407 e. The second-order valence-corrected chi connectivity index (χ2v) is 9.96. The van der Waals surface area contributed by atoms with Crippen LogP contribution in [0.1, 0.15) is 38.0 Å². The lowest BCUT2D eigenvalue weighted by molar-refractivity contribution is -0.173. The van der Waals surface area contributed by atoms with Gasteiger partial charge in [-0.3, -0.25) is 4.90 Å². The molecule has 0 bridgehead atoms. The molecule has 1 aromatic heterocycles. The van der Waals surface area contributed by atoms with Crippen LogP contribution in [0.15, 0.2) is 42.6 Å². The van der Waals surface area contributed by atoms with E-state index in [4.69, 9.17) is 21.1 Å². The van der Waals surface area contributed by atoms with Crippen molar-refractivity contribution in [2.75, 3.05) is 26.2 Å². The number of hydrogen-bond donors (Lipinski definition) is 1. The SMILES string of the molecule is CC(C)(C)C1O[C@H](c2cc(Cl)cnc2OCc2ccccc2)CN2CCN(C(=O)O)C[C@@H]12. The molecule has 1 unspecified atom stereocenters. The van der Waals surface area contributed by atoms with Crippen molar-refractivity contribution in [2.24, 2.45) is 5.41 Å². The number of hydrogen-bond acceptors (Lipinski definition) is 5. The summed E-state index contributed by atoms with van der Waals surface area (Å²) in [6.07, 6.45) is 0.271. The Hall–Kier alpha value is -2.35. The van der Waals surface area contributed by atoms with E-state index in [0.29, 0.717) is 43.7 Å². The first-order valence-electron chi connectivity index (χ1n) is 10.9. The Balaban J connectivity index is 1.59. The monoisotopic (exact) mass is 459 g/mol. The lowest BCUT2D eigenvalue weighted by Gasteiger charge is -2.52. The van der Waals surface area contributed by atoms with Crippen LogP contribution < -0.4 is 4.74 Å². The molecule has 1 amide bonds. The van der Waals surface area contributed by atoms with Crippen LogP contribution in [-0.4, -0.2) is 64.3 Å². The van der Waals surface area contributed by atoms with Crippen molar-refractivity contribution < 1.29 is 19.4 Å². The third-order valence-corrected chi connectivity index (χ3v) is 6.34. The van der Waals surface area contributed by atoms with Crippen molar-refractivity contribution in [2.45, 2.75) is 45.6 Å². The maximum atomic E-state index is 11.6. The zero-order valence-corrected chi connectivity index (χ0v) is 19.5. The summed E-state index contributed by atoms with van der Waals surface area (Å²) in [5, 5.41) is 10.0. The molecule has 8 heteroatoms. The van der Waals surface area contributed by atoms with E-state index in [1.165, 1.54) is 4.90 Å². The summed E-state index contributed by atoms with van der Waals surface area (Å²) in [6, 6.07) is 11.8. The van der Waals surface area contributed by atoms with Crippen LogP contribution in [-0.2, 0) is 11.3 Å². The maximum Gasteiger partial charge on any atom is 0.407 e. The highest BCUT2D eigenvalue weighted by molar-refractivity contribution is 6.30. The summed E-state index contributed by atoms with van der Waals surface area (Å²) >= 11 is 6.31. The minimum atomic E-state index is -0.880. The molecular weight excluding hydrogens is 430 g/mol. The molecule has 0 radical (unpaired) electrons. The fourth-order valence-corrected chi connectivity index (χ4v) is 4.70. The third kappa shape index (κ3) is 5.00. The summed E-state index contributed by atoms with van der Waals surface area (Å²) in [5.74, 6) is 0.513. The Bertz CT molecular complexity index is 950. The number of nitrogens with zero attached hydrogens (tertiary/aromatic N) is 3. The van der Waals surface area contributed by atoms with E-state index in [2.05, 4.69) is 30.7 Å².